The maximum Gasteiger partial charge on any atom is 0.0674 e. The van der Waals surface area contributed by atoms with Crippen LogP contribution >= 0.6 is 46.6 Å². The monoisotopic (exact) mass is 346 g/mol. The number of hydrogen-bond acceptors (Lipinski definition) is 2. The number of aliphatic hydroxyl groups is 1. The summed E-state index contributed by atoms with van der Waals surface area (Å²) in [5.41, 5.74) is 0.898. The molecule has 5 heteroatoms. The van der Waals surface area contributed by atoms with E-state index in [1.54, 1.807) is 23.9 Å². The fourth-order valence-corrected chi connectivity index (χ4v) is 3.38. The molecular weight excluding hydrogens is 335 g/mol. The summed E-state index contributed by atoms with van der Waals surface area (Å²) in [5, 5.41) is 12.0. The van der Waals surface area contributed by atoms with Gasteiger partial charge in [-0.25, -0.2) is 0 Å². The van der Waals surface area contributed by atoms with Gasteiger partial charge in [-0.1, -0.05) is 46.9 Å². The molecule has 0 radical (unpaired) electrons. The van der Waals surface area contributed by atoms with Crippen LogP contribution in [0.2, 0.25) is 15.1 Å². The predicted molar refractivity (Wildman–Crippen MR) is 88.3 cm³/mol. The van der Waals surface area contributed by atoms with E-state index < -0.39 is 6.10 Å². The van der Waals surface area contributed by atoms with E-state index in [1.807, 2.05) is 30.3 Å². The normalized spacial score (nSPS) is 12.4. The van der Waals surface area contributed by atoms with E-state index in [4.69, 9.17) is 34.8 Å². The van der Waals surface area contributed by atoms with E-state index in [0.717, 1.165) is 10.5 Å². The van der Waals surface area contributed by atoms with Crippen LogP contribution < -0.4 is 0 Å². The minimum absolute atomic E-state index is 0.474. The Morgan fingerprint density at radius 1 is 1.00 bits per heavy atom. The average Bonchev–Trinajstić information content (AvgIpc) is 2.40. The molecule has 106 valence electrons. The molecule has 0 saturated carbocycles. The molecule has 0 bridgehead atoms. The van der Waals surface area contributed by atoms with Crippen LogP contribution in [0.4, 0.5) is 0 Å². The first-order chi connectivity index (χ1) is 9.54. The fraction of sp³-hybridized carbons (Fsp3) is 0.200. The van der Waals surface area contributed by atoms with Gasteiger partial charge in [-0.05, 0) is 35.9 Å². The smallest absolute Gasteiger partial charge is 0.0674 e. The molecule has 0 aliphatic rings. The quantitative estimate of drug-likeness (QED) is 0.736. The molecule has 0 aliphatic heterocycles. The van der Waals surface area contributed by atoms with Gasteiger partial charge in [-0.3, -0.25) is 0 Å². The first-order valence-electron chi connectivity index (χ1n) is 6.05. The highest BCUT2D eigenvalue weighted by atomic mass is 35.5. The van der Waals surface area contributed by atoms with Crippen molar-refractivity contribution < 1.29 is 5.11 Å². The molecule has 2 aromatic rings. The standard InChI is InChI=1S/C15H13Cl3OS/c16-11-2-1-3-14(7-11)20-9-13(19)6-10-4-5-12(17)8-15(10)18/h1-5,7-8,13,19H,6,9H2. The van der Waals surface area contributed by atoms with E-state index in [-0.39, 0.29) is 0 Å². The Kier molecular flexibility index (Phi) is 6.06. The van der Waals surface area contributed by atoms with Gasteiger partial charge in [0.05, 0.1) is 6.10 Å². The Morgan fingerprint density at radius 3 is 2.45 bits per heavy atom. The van der Waals surface area contributed by atoms with E-state index >= 15 is 0 Å². The molecule has 0 saturated heterocycles. The maximum atomic E-state index is 10.1. The molecule has 0 fully saturated rings. The van der Waals surface area contributed by atoms with Crippen LogP contribution in [-0.4, -0.2) is 17.0 Å². The van der Waals surface area contributed by atoms with Crippen LogP contribution in [0.15, 0.2) is 47.4 Å². The highest BCUT2D eigenvalue weighted by Crippen LogP contribution is 2.25. The Morgan fingerprint density at radius 2 is 1.75 bits per heavy atom. The van der Waals surface area contributed by atoms with Crippen molar-refractivity contribution in [3.05, 3.63) is 63.1 Å². The van der Waals surface area contributed by atoms with Gasteiger partial charge in [0.25, 0.3) is 0 Å². The summed E-state index contributed by atoms with van der Waals surface area (Å²) < 4.78 is 0. The summed E-state index contributed by atoms with van der Waals surface area (Å²) in [5.74, 6) is 0.583. The molecule has 1 N–H and O–H groups in total. The van der Waals surface area contributed by atoms with E-state index in [0.29, 0.717) is 27.2 Å². The molecule has 0 aromatic heterocycles. The van der Waals surface area contributed by atoms with Gasteiger partial charge >= 0.3 is 0 Å². The van der Waals surface area contributed by atoms with Gasteiger partial charge < -0.3 is 5.11 Å². The number of aliphatic hydroxyl groups excluding tert-OH is 1. The van der Waals surface area contributed by atoms with Crippen molar-refractivity contribution in [3.8, 4) is 0 Å². The molecule has 1 atom stereocenters. The fourth-order valence-electron chi connectivity index (χ4n) is 1.75. The largest absolute Gasteiger partial charge is 0.392 e. The predicted octanol–water partition coefficient (Wildman–Crippen LogP) is 5.34. The van der Waals surface area contributed by atoms with Crippen molar-refractivity contribution in [1.29, 1.82) is 0 Å². The molecule has 2 aromatic carbocycles. The number of benzene rings is 2. The van der Waals surface area contributed by atoms with Gasteiger partial charge in [-0.15, -0.1) is 11.8 Å². The van der Waals surface area contributed by atoms with Crippen molar-refractivity contribution in [2.45, 2.75) is 17.4 Å². The summed E-state index contributed by atoms with van der Waals surface area (Å²) in [7, 11) is 0. The second-order valence-electron chi connectivity index (χ2n) is 4.36. The summed E-state index contributed by atoms with van der Waals surface area (Å²) in [6.45, 7) is 0. The molecule has 1 nitrogen and oxygen atoms in total. The summed E-state index contributed by atoms with van der Waals surface area (Å²) in [6.07, 6.45) is 0.0291. The summed E-state index contributed by atoms with van der Waals surface area (Å²) >= 11 is 19.4. The second-order valence-corrected chi connectivity index (χ2v) is 6.74. The minimum atomic E-state index is -0.474. The molecule has 1 unspecified atom stereocenters. The first kappa shape index (κ1) is 16.0. The Hall–Kier alpha value is -0.380. The lowest BCUT2D eigenvalue weighted by Gasteiger charge is -2.12. The SMILES string of the molecule is OC(CSc1cccc(Cl)c1)Cc1ccc(Cl)cc1Cl. The van der Waals surface area contributed by atoms with Crippen LogP contribution in [0, 0.1) is 0 Å². The Labute approximate surface area is 137 Å². The Bertz CT molecular complexity index is 589. The summed E-state index contributed by atoms with van der Waals surface area (Å²) in [4.78, 5) is 1.04. The van der Waals surface area contributed by atoms with Gasteiger partial charge in [0.1, 0.15) is 0 Å². The lowest BCUT2D eigenvalue weighted by Crippen LogP contribution is -2.13. The zero-order valence-electron chi connectivity index (χ0n) is 10.5. The minimum Gasteiger partial charge on any atom is -0.392 e. The molecule has 0 aliphatic carbocycles. The molecular formula is C15H13Cl3OS. The first-order valence-corrected chi connectivity index (χ1v) is 8.17. The zero-order valence-corrected chi connectivity index (χ0v) is 13.6. The lowest BCUT2D eigenvalue weighted by molar-refractivity contribution is 0.200. The number of hydrogen-bond donors (Lipinski definition) is 1. The van der Waals surface area contributed by atoms with Gasteiger partial charge in [0, 0.05) is 32.1 Å². The number of rotatable bonds is 5. The average molecular weight is 348 g/mol. The third-order valence-corrected chi connectivity index (χ3v) is 4.67. The van der Waals surface area contributed by atoms with Crippen LogP contribution in [0.1, 0.15) is 5.56 Å². The zero-order chi connectivity index (χ0) is 14.5. The van der Waals surface area contributed by atoms with Crippen molar-refractivity contribution in [2.75, 3.05) is 5.75 Å². The Balaban J connectivity index is 1.90. The molecule has 20 heavy (non-hydrogen) atoms. The number of halogens is 3. The second kappa shape index (κ2) is 7.58. The topological polar surface area (TPSA) is 20.2 Å². The van der Waals surface area contributed by atoms with Gasteiger partial charge in [0.2, 0.25) is 0 Å². The van der Waals surface area contributed by atoms with Crippen LogP contribution in [0.25, 0.3) is 0 Å². The lowest BCUT2D eigenvalue weighted by atomic mass is 10.1. The van der Waals surface area contributed by atoms with Gasteiger partial charge in [-0.2, -0.15) is 0 Å². The highest BCUT2D eigenvalue weighted by Gasteiger charge is 2.10. The van der Waals surface area contributed by atoms with Crippen LogP contribution in [-0.2, 0) is 6.42 Å². The molecule has 0 heterocycles. The van der Waals surface area contributed by atoms with Crippen molar-refractivity contribution in [3.63, 3.8) is 0 Å². The highest BCUT2D eigenvalue weighted by molar-refractivity contribution is 7.99. The molecule has 2 rings (SSSR count). The number of thioether (sulfide) groups is 1. The molecule has 0 spiro atoms. The third kappa shape index (κ3) is 4.87. The van der Waals surface area contributed by atoms with Crippen molar-refractivity contribution >= 4 is 46.6 Å². The third-order valence-electron chi connectivity index (χ3n) is 2.71. The van der Waals surface area contributed by atoms with Crippen LogP contribution in [0.5, 0.6) is 0 Å². The molecule has 0 amide bonds. The van der Waals surface area contributed by atoms with Crippen molar-refractivity contribution in [2.24, 2.45) is 0 Å². The van der Waals surface area contributed by atoms with Crippen molar-refractivity contribution in [1.82, 2.24) is 0 Å². The van der Waals surface area contributed by atoms with Crippen LogP contribution in [0.3, 0.4) is 0 Å². The van der Waals surface area contributed by atoms with Gasteiger partial charge in [0.15, 0.2) is 0 Å². The van der Waals surface area contributed by atoms with E-state index in [9.17, 15) is 5.11 Å². The van der Waals surface area contributed by atoms with E-state index in [1.165, 1.54) is 0 Å². The summed E-state index contributed by atoms with van der Waals surface area (Å²) in [6, 6.07) is 12.9. The maximum absolute atomic E-state index is 10.1. The van der Waals surface area contributed by atoms with E-state index in [2.05, 4.69) is 0 Å².